The van der Waals surface area contributed by atoms with Crippen LogP contribution in [0.2, 0.25) is 0 Å². The third kappa shape index (κ3) is 2.74. The summed E-state index contributed by atoms with van der Waals surface area (Å²) < 4.78 is 0. The van der Waals surface area contributed by atoms with Crippen LogP contribution in [0.3, 0.4) is 0 Å². The SMILES string of the molecule is CCC(N)C(=O)Nc1cccc(O)c1. The highest BCUT2D eigenvalue weighted by Crippen LogP contribution is 2.15. The van der Waals surface area contributed by atoms with Gasteiger partial charge >= 0.3 is 0 Å². The Kier molecular flexibility index (Phi) is 3.48. The molecule has 1 unspecified atom stereocenters. The predicted molar refractivity (Wildman–Crippen MR) is 55.0 cm³/mol. The molecule has 4 N–H and O–H groups in total. The Balaban J connectivity index is 2.65. The van der Waals surface area contributed by atoms with Gasteiger partial charge in [-0.2, -0.15) is 0 Å². The highest BCUT2D eigenvalue weighted by molar-refractivity contribution is 5.94. The first kappa shape index (κ1) is 10.5. The Morgan fingerprint density at radius 3 is 2.93 bits per heavy atom. The first-order valence-electron chi connectivity index (χ1n) is 4.49. The lowest BCUT2D eigenvalue weighted by molar-refractivity contribution is -0.117. The highest BCUT2D eigenvalue weighted by atomic mass is 16.3. The van der Waals surface area contributed by atoms with E-state index in [1.165, 1.54) is 12.1 Å². The molecule has 0 heterocycles. The maximum absolute atomic E-state index is 11.3. The molecule has 0 spiro atoms. The number of rotatable bonds is 3. The van der Waals surface area contributed by atoms with Crippen LogP contribution in [-0.4, -0.2) is 17.1 Å². The fourth-order valence-corrected chi connectivity index (χ4v) is 1.00. The van der Waals surface area contributed by atoms with Gasteiger partial charge in [-0.25, -0.2) is 0 Å². The first-order valence-corrected chi connectivity index (χ1v) is 4.49. The Bertz CT molecular complexity index is 326. The second-order valence-electron chi connectivity index (χ2n) is 3.05. The Morgan fingerprint density at radius 2 is 2.36 bits per heavy atom. The number of amides is 1. The number of nitrogens with two attached hydrogens (primary N) is 1. The number of benzene rings is 1. The molecule has 0 aromatic heterocycles. The lowest BCUT2D eigenvalue weighted by atomic mass is 10.2. The molecule has 0 saturated heterocycles. The summed E-state index contributed by atoms with van der Waals surface area (Å²) in [6, 6.07) is 5.86. The summed E-state index contributed by atoms with van der Waals surface area (Å²) in [5.74, 6) is -0.119. The van der Waals surface area contributed by atoms with Crippen LogP contribution in [0.4, 0.5) is 5.69 Å². The van der Waals surface area contributed by atoms with Gasteiger partial charge in [-0.05, 0) is 18.6 Å². The van der Waals surface area contributed by atoms with Gasteiger partial charge in [0.2, 0.25) is 5.91 Å². The van der Waals surface area contributed by atoms with E-state index in [0.717, 1.165) is 0 Å². The van der Waals surface area contributed by atoms with E-state index < -0.39 is 6.04 Å². The normalized spacial score (nSPS) is 12.1. The number of phenolic OH excluding ortho intramolecular Hbond substituents is 1. The molecule has 1 atom stereocenters. The van der Waals surface area contributed by atoms with Gasteiger partial charge < -0.3 is 16.2 Å². The summed E-state index contributed by atoms with van der Waals surface area (Å²) in [5.41, 5.74) is 6.08. The zero-order valence-corrected chi connectivity index (χ0v) is 8.03. The standard InChI is InChI=1S/C10H14N2O2/c1-2-9(11)10(14)12-7-4-3-5-8(13)6-7/h3-6,9,13H,2,11H2,1H3,(H,12,14). The average molecular weight is 194 g/mol. The van der Waals surface area contributed by atoms with Gasteiger partial charge in [0.05, 0.1) is 6.04 Å². The van der Waals surface area contributed by atoms with Crippen molar-refractivity contribution in [3.05, 3.63) is 24.3 Å². The van der Waals surface area contributed by atoms with Crippen molar-refractivity contribution < 1.29 is 9.90 Å². The minimum atomic E-state index is -0.502. The van der Waals surface area contributed by atoms with Gasteiger partial charge in [-0.1, -0.05) is 13.0 Å². The molecule has 76 valence electrons. The van der Waals surface area contributed by atoms with Crippen LogP contribution < -0.4 is 11.1 Å². The quantitative estimate of drug-likeness (QED) is 0.673. The maximum Gasteiger partial charge on any atom is 0.241 e. The second-order valence-corrected chi connectivity index (χ2v) is 3.05. The van der Waals surface area contributed by atoms with Crippen molar-refractivity contribution in [2.24, 2.45) is 5.73 Å². The summed E-state index contributed by atoms with van der Waals surface area (Å²) in [4.78, 5) is 11.3. The number of carbonyl (C=O) groups excluding carboxylic acids is 1. The number of hydrogen-bond acceptors (Lipinski definition) is 3. The molecule has 1 aromatic rings. The van der Waals surface area contributed by atoms with E-state index in [9.17, 15) is 4.79 Å². The largest absolute Gasteiger partial charge is 0.508 e. The number of nitrogens with one attached hydrogen (secondary N) is 1. The predicted octanol–water partition coefficient (Wildman–Crippen LogP) is 1.07. The molecule has 1 rings (SSSR count). The zero-order valence-electron chi connectivity index (χ0n) is 8.03. The number of phenols is 1. The van der Waals surface area contributed by atoms with E-state index in [4.69, 9.17) is 10.8 Å². The van der Waals surface area contributed by atoms with Crippen LogP contribution in [0, 0.1) is 0 Å². The molecule has 14 heavy (non-hydrogen) atoms. The van der Waals surface area contributed by atoms with E-state index in [1.54, 1.807) is 12.1 Å². The maximum atomic E-state index is 11.3. The monoisotopic (exact) mass is 194 g/mol. The summed E-state index contributed by atoms with van der Waals surface area (Å²) >= 11 is 0. The smallest absolute Gasteiger partial charge is 0.241 e. The molecule has 0 fully saturated rings. The molecule has 0 aliphatic heterocycles. The topological polar surface area (TPSA) is 75.4 Å². The average Bonchev–Trinajstić information content (AvgIpc) is 2.16. The van der Waals surface area contributed by atoms with Crippen LogP contribution >= 0.6 is 0 Å². The van der Waals surface area contributed by atoms with Crippen molar-refractivity contribution >= 4 is 11.6 Å². The molecular weight excluding hydrogens is 180 g/mol. The van der Waals surface area contributed by atoms with Gasteiger partial charge in [0.15, 0.2) is 0 Å². The highest BCUT2D eigenvalue weighted by Gasteiger charge is 2.10. The van der Waals surface area contributed by atoms with Gasteiger partial charge in [0.1, 0.15) is 5.75 Å². The lowest BCUT2D eigenvalue weighted by Crippen LogP contribution is -2.34. The van der Waals surface area contributed by atoms with Gasteiger partial charge in [0.25, 0.3) is 0 Å². The van der Waals surface area contributed by atoms with Crippen LogP contribution in [-0.2, 0) is 4.79 Å². The lowest BCUT2D eigenvalue weighted by Gasteiger charge is -2.09. The number of aromatic hydroxyl groups is 1. The summed E-state index contributed by atoms with van der Waals surface area (Å²) in [6.07, 6.45) is 0.588. The van der Waals surface area contributed by atoms with Crippen molar-refractivity contribution in [2.45, 2.75) is 19.4 Å². The van der Waals surface area contributed by atoms with E-state index in [2.05, 4.69) is 5.32 Å². The summed E-state index contributed by atoms with van der Waals surface area (Å²) in [5, 5.41) is 11.7. The van der Waals surface area contributed by atoms with Crippen molar-refractivity contribution in [2.75, 3.05) is 5.32 Å². The van der Waals surface area contributed by atoms with Gasteiger partial charge in [-0.15, -0.1) is 0 Å². The van der Waals surface area contributed by atoms with E-state index in [1.807, 2.05) is 6.92 Å². The molecule has 4 nitrogen and oxygen atoms in total. The summed E-state index contributed by atoms with van der Waals surface area (Å²) in [7, 11) is 0. The van der Waals surface area contributed by atoms with Gasteiger partial charge in [-0.3, -0.25) is 4.79 Å². The minimum Gasteiger partial charge on any atom is -0.508 e. The van der Waals surface area contributed by atoms with Gasteiger partial charge in [0, 0.05) is 11.8 Å². The zero-order chi connectivity index (χ0) is 10.6. The van der Waals surface area contributed by atoms with Crippen LogP contribution in [0.25, 0.3) is 0 Å². The Morgan fingerprint density at radius 1 is 1.64 bits per heavy atom. The first-order chi connectivity index (χ1) is 6.63. The Hall–Kier alpha value is -1.55. The second kappa shape index (κ2) is 4.62. The molecule has 0 bridgehead atoms. The van der Waals surface area contributed by atoms with E-state index in [0.29, 0.717) is 12.1 Å². The molecule has 0 aliphatic rings. The number of anilines is 1. The third-order valence-electron chi connectivity index (χ3n) is 1.89. The number of carbonyl (C=O) groups is 1. The fourth-order valence-electron chi connectivity index (χ4n) is 1.00. The molecule has 1 amide bonds. The molecule has 0 aliphatic carbocycles. The van der Waals surface area contributed by atoms with Crippen LogP contribution in [0.15, 0.2) is 24.3 Å². The third-order valence-corrected chi connectivity index (χ3v) is 1.89. The van der Waals surface area contributed by atoms with Crippen molar-refractivity contribution in [3.63, 3.8) is 0 Å². The van der Waals surface area contributed by atoms with Crippen molar-refractivity contribution in [3.8, 4) is 5.75 Å². The fraction of sp³-hybridized carbons (Fsp3) is 0.300. The van der Waals surface area contributed by atoms with E-state index >= 15 is 0 Å². The van der Waals surface area contributed by atoms with Crippen LogP contribution in [0.5, 0.6) is 5.75 Å². The molecule has 0 saturated carbocycles. The molecular formula is C10H14N2O2. The minimum absolute atomic E-state index is 0.118. The van der Waals surface area contributed by atoms with Crippen LogP contribution in [0.1, 0.15) is 13.3 Å². The Labute approximate surface area is 82.7 Å². The van der Waals surface area contributed by atoms with Crippen molar-refractivity contribution in [1.82, 2.24) is 0 Å². The molecule has 1 aromatic carbocycles. The summed E-state index contributed by atoms with van der Waals surface area (Å²) in [6.45, 7) is 1.84. The molecule has 0 radical (unpaired) electrons. The van der Waals surface area contributed by atoms with Crippen molar-refractivity contribution in [1.29, 1.82) is 0 Å². The van der Waals surface area contributed by atoms with E-state index in [-0.39, 0.29) is 11.7 Å². The number of hydrogen-bond donors (Lipinski definition) is 3. The molecule has 4 heteroatoms.